The van der Waals surface area contributed by atoms with E-state index < -0.39 is 0 Å². The number of rotatable bonds is 4. The zero-order valence-electron chi connectivity index (χ0n) is 9.88. The molecule has 0 aromatic heterocycles. The third-order valence-electron chi connectivity index (χ3n) is 3.25. The Bertz CT molecular complexity index is 393. The minimum atomic E-state index is 0.734. The van der Waals surface area contributed by atoms with Gasteiger partial charge in [-0.05, 0) is 55.6 Å². The number of nitrogens with zero attached hydrogens (tertiary/aromatic N) is 1. The molecular weight excluding hydrogens is 255 g/mol. The van der Waals surface area contributed by atoms with Crippen molar-refractivity contribution < 1.29 is 0 Å². The molecule has 2 N–H and O–H groups in total. The van der Waals surface area contributed by atoms with Crippen LogP contribution < -0.4 is 5.73 Å². The van der Waals surface area contributed by atoms with Crippen LogP contribution in [0.15, 0.2) is 12.1 Å². The largest absolute Gasteiger partial charge is 0.330 e. The second-order valence-electron chi connectivity index (χ2n) is 4.55. The molecule has 4 heteroatoms. The minimum Gasteiger partial charge on any atom is -0.330 e. The van der Waals surface area contributed by atoms with Crippen LogP contribution in [0, 0.1) is 0 Å². The van der Waals surface area contributed by atoms with Crippen molar-refractivity contribution >= 4 is 23.2 Å². The van der Waals surface area contributed by atoms with Crippen molar-refractivity contribution in [2.75, 3.05) is 19.6 Å². The molecule has 1 heterocycles. The van der Waals surface area contributed by atoms with Gasteiger partial charge in [0.25, 0.3) is 0 Å². The number of hydrogen-bond acceptors (Lipinski definition) is 2. The summed E-state index contributed by atoms with van der Waals surface area (Å²) in [5.41, 5.74) is 8.06. The molecule has 17 heavy (non-hydrogen) atoms. The molecule has 0 aliphatic carbocycles. The van der Waals surface area contributed by atoms with Crippen molar-refractivity contribution in [1.82, 2.24) is 4.90 Å². The number of fused-ring (bicyclic) bond motifs is 1. The summed E-state index contributed by atoms with van der Waals surface area (Å²) in [6, 6.07) is 3.88. The fourth-order valence-corrected chi connectivity index (χ4v) is 2.97. The molecule has 0 atom stereocenters. The summed E-state index contributed by atoms with van der Waals surface area (Å²) < 4.78 is 0. The van der Waals surface area contributed by atoms with Gasteiger partial charge < -0.3 is 5.73 Å². The number of hydrogen-bond donors (Lipinski definition) is 1. The summed E-state index contributed by atoms with van der Waals surface area (Å²) in [5, 5.41) is 1.55. The topological polar surface area (TPSA) is 29.3 Å². The number of unbranched alkanes of at least 4 members (excludes halogenated alkanes) is 1. The second-order valence-corrected chi connectivity index (χ2v) is 5.39. The van der Waals surface area contributed by atoms with E-state index in [4.69, 9.17) is 28.9 Å². The van der Waals surface area contributed by atoms with E-state index in [0.29, 0.717) is 0 Å². The highest BCUT2D eigenvalue weighted by molar-refractivity contribution is 6.35. The SMILES string of the molecule is NCCCCN1CCc2c(Cl)cc(Cl)cc2C1. The first-order chi connectivity index (χ1) is 8.20. The molecule has 0 saturated carbocycles. The maximum atomic E-state index is 6.20. The molecule has 94 valence electrons. The normalized spacial score (nSPS) is 15.9. The lowest BCUT2D eigenvalue weighted by atomic mass is 9.99. The predicted octanol–water partition coefficient (Wildman–Crippen LogP) is 3.09. The van der Waals surface area contributed by atoms with Crippen molar-refractivity contribution in [2.24, 2.45) is 5.73 Å². The van der Waals surface area contributed by atoms with E-state index in [1.807, 2.05) is 12.1 Å². The lowest BCUT2D eigenvalue weighted by molar-refractivity contribution is 0.249. The first-order valence-corrected chi connectivity index (χ1v) is 6.85. The van der Waals surface area contributed by atoms with Gasteiger partial charge in [0.1, 0.15) is 0 Å². The zero-order valence-corrected chi connectivity index (χ0v) is 11.4. The number of halogens is 2. The van der Waals surface area contributed by atoms with Crippen LogP contribution in [0.2, 0.25) is 10.0 Å². The van der Waals surface area contributed by atoms with Crippen molar-refractivity contribution in [2.45, 2.75) is 25.8 Å². The van der Waals surface area contributed by atoms with Crippen molar-refractivity contribution in [1.29, 1.82) is 0 Å². The maximum Gasteiger partial charge on any atom is 0.0456 e. The zero-order chi connectivity index (χ0) is 12.3. The van der Waals surface area contributed by atoms with Crippen LogP contribution >= 0.6 is 23.2 Å². The molecule has 1 aromatic rings. The van der Waals surface area contributed by atoms with Crippen LogP contribution in [-0.2, 0) is 13.0 Å². The van der Waals surface area contributed by atoms with Gasteiger partial charge in [-0.3, -0.25) is 4.90 Å². The fourth-order valence-electron chi connectivity index (χ4n) is 2.34. The molecule has 0 unspecified atom stereocenters. The van der Waals surface area contributed by atoms with Gasteiger partial charge in [-0.15, -0.1) is 0 Å². The van der Waals surface area contributed by atoms with Crippen LogP contribution in [0.5, 0.6) is 0 Å². The van der Waals surface area contributed by atoms with Crippen molar-refractivity contribution in [3.63, 3.8) is 0 Å². The maximum absolute atomic E-state index is 6.20. The van der Waals surface area contributed by atoms with Crippen LogP contribution in [0.4, 0.5) is 0 Å². The van der Waals surface area contributed by atoms with Gasteiger partial charge >= 0.3 is 0 Å². The van der Waals surface area contributed by atoms with Gasteiger partial charge in [0, 0.05) is 23.1 Å². The van der Waals surface area contributed by atoms with E-state index in [-0.39, 0.29) is 0 Å². The Morgan fingerprint density at radius 3 is 2.82 bits per heavy atom. The van der Waals surface area contributed by atoms with Crippen LogP contribution in [0.25, 0.3) is 0 Å². The Balaban J connectivity index is 2.03. The minimum absolute atomic E-state index is 0.734. The first kappa shape index (κ1) is 13.2. The van der Waals surface area contributed by atoms with Crippen LogP contribution in [0.1, 0.15) is 24.0 Å². The molecule has 0 bridgehead atoms. The van der Waals surface area contributed by atoms with Crippen molar-refractivity contribution in [3.05, 3.63) is 33.3 Å². The van der Waals surface area contributed by atoms with Gasteiger partial charge in [0.05, 0.1) is 0 Å². The van der Waals surface area contributed by atoms with E-state index in [9.17, 15) is 0 Å². The highest BCUT2D eigenvalue weighted by Gasteiger charge is 2.18. The van der Waals surface area contributed by atoms with Crippen molar-refractivity contribution in [3.8, 4) is 0 Å². The van der Waals surface area contributed by atoms with E-state index in [0.717, 1.165) is 49.1 Å². The number of benzene rings is 1. The molecule has 0 spiro atoms. The summed E-state index contributed by atoms with van der Waals surface area (Å²) >= 11 is 12.2. The highest BCUT2D eigenvalue weighted by Crippen LogP contribution is 2.29. The molecule has 2 rings (SSSR count). The molecule has 1 aliphatic rings. The monoisotopic (exact) mass is 272 g/mol. The Morgan fingerprint density at radius 1 is 1.24 bits per heavy atom. The van der Waals surface area contributed by atoms with Crippen LogP contribution in [-0.4, -0.2) is 24.5 Å². The van der Waals surface area contributed by atoms with Gasteiger partial charge in [0.15, 0.2) is 0 Å². The third kappa shape index (κ3) is 3.35. The number of nitrogens with two attached hydrogens (primary N) is 1. The lowest BCUT2D eigenvalue weighted by Gasteiger charge is -2.29. The summed E-state index contributed by atoms with van der Waals surface area (Å²) in [7, 11) is 0. The lowest BCUT2D eigenvalue weighted by Crippen LogP contribution is -2.31. The summed E-state index contributed by atoms with van der Waals surface area (Å²) in [4.78, 5) is 2.45. The summed E-state index contributed by atoms with van der Waals surface area (Å²) in [5.74, 6) is 0. The van der Waals surface area contributed by atoms with Crippen LogP contribution in [0.3, 0.4) is 0 Å². The highest BCUT2D eigenvalue weighted by atomic mass is 35.5. The van der Waals surface area contributed by atoms with E-state index in [2.05, 4.69) is 4.90 Å². The molecule has 0 fully saturated rings. The quantitative estimate of drug-likeness (QED) is 0.854. The Morgan fingerprint density at radius 2 is 2.06 bits per heavy atom. The molecule has 1 aliphatic heterocycles. The predicted molar refractivity (Wildman–Crippen MR) is 73.7 cm³/mol. The van der Waals surface area contributed by atoms with Gasteiger partial charge in [-0.1, -0.05) is 23.2 Å². The first-order valence-electron chi connectivity index (χ1n) is 6.10. The standard InChI is InChI=1S/C13H18Cl2N2/c14-11-7-10-9-17(5-2-1-4-16)6-3-12(10)13(15)8-11/h7-8H,1-6,9,16H2. The molecular formula is C13H18Cl2N2. The Kier molecular flexibility index (Phi) is 4.69. The average Bonchev–Trinajstić information content (AvgIpc) is 2.28. The molecule has 0 saturated heterocycles. The third-order valence-corrected chi connectivity index (χ3v) is 3.81. The molecule has 0 amide bonds. The second kappa shape index (κ2) is 6.05. The fraction of sp³-hybridized carbons (Fsp3) is 0.538. The molecule has 0 radical (unpaired) electrons. The molecule has 1 aromatic carbocycles. The Labute approximate surface area is 113 Å². The molecule has 2 nitrogen and oxygen atoms in total. The van der Waals surface area contributed by atoms with E-state index >= 15 is 0 Å². The van der Waals surface area contributed by atoms with Gasteiger partial charge in [0.2, 0.25) is 0 Å². The van der Waals surface area contributed by atoms with Gasteiger partial charge in [-0.2, -0.15) is 0 Å². The summed E-state index contributed by atoms with van der Waals surface area (Å²) in [6.45, 7) is 3.93. The Hall–Kier alpha value is -0.280. The smallest absolute Gasteiger partial charge is 0.0456 e. The van der Waals surface area contributed by atoms with E-state index in [1.165, 1.54) is 17.5 Å². The van der Waals surface area contributed by atoms with Gasteiger partial charge in [-0.25, -0.2) is 0 Å². The summed E-state index contributed by atoms with van der Waals surface area (Å²) in [6.07, 6.45) is 3.29. The average molecular weight is 273 g/mol. The van der Waals surface area contributed by atoms with E-state index in [1.54, 1.807) is 0 Å².